The van der Waals surface area contributed by atoms with E-state index >= 15 is 0 Å². The smallest absolute Gasteiger partial charge is 0.386 e. The molecule has 3 heterocycles. The molecule has 11 heteroatoms. The highest BCUT2D eigenvalue weighted by Crippen LogP contribution is 2.41. The summed E-state index contributed by atoms with van der Waals surface area (Å²) in [4.78, 5) is 17.9. The Hall–Kier alpha value is -3.21. The Balaban J connectivity index is 1.84. The van der Waals surface area contributed by atoms with Gasteiger partial charge in [0.15, 0.2) is 12.4 Å². The molecule has 35 heavy (non-hydrogen) atoms. The van der Waals surface area contributed by atoms with Gasteiger partial charge in [-0.3, -0.25) is 4.79 Å². The summed E-state index contributed by atoms with van der Waals surface area (Å²) in [6.07, 6.45) is -6.86. The number of likely N-dealkylation sites (tertiary alicyclic amines) is 1. The average molecular weight is 498 g/mol. The zero-order chi connectivity index (χ0) is 25.5. The number of piperidine rings is 1. The van der Waals surface area contributed by atoms with E-state index in [0.717, 1.165) is 6.07 Å². The summed E-state index contributed by atoms with van der Waals surface area (Å²) in [5.74, 6) is -0.421. The first-order valence-corrected chi connectivity index (χ1v) is 10.9. The second-order valence-corrected chi connectivity index (χ2v) is 8.56. The molecule has 2 atom stereocenters. The van der Waals surface area contributed by atoms with Gasteiger partial charge in [-0.2, -0.15) is 26.3 Å². The SMILES string of the molecule is C[n+]1cccc(C(=O)N2CCCC[C@@H]2C(O)c2cc(C(F)(F)F)nc3c(C(F)(F)F)cccc23)c1. The van der Waals surface area contributed by atoms with Gasteiger partial charge < -0.3 is 10.0 Å². The van der Waals surface area contributed by atoms with Gasteiger partial charge in [0, 0.05) is 18.0 Å². The largest absolute Gasteiger partial charge is 0.433 e. The standard InChI is InChI=1S/C24H22F6N3O2/c1-32-10-5-6-14(13-32)22(35)33-11-3-2-9-18(33)21(34)16-12-19(24(28,29)30)31-20-15(16)7-4-8-17(20)23(25,26)27/h4-8,10,12-13,18,21,34H,2-3,9,11H2,1H3/q+1/t18-,21?/m1/s1. The van der Waals surface area contributed by atoms with E-state index in [1.807, 2.05) is 0 Å². The summed E-state index contributed by atoms with van der Waals surface area (Å²) in [5, 5.41) is 11.0. The molecule has 1 N–H and O–H groups in total. The molecule has 1 aliphatic heterocycles. The maximum absolute atomic E-state index is 13.6. The Kier molecular flexibility index (Phi) is 6.48. The number of aryl methyl sites for hydroxylation is 1. The molecule has 0 radical (unpaired) electrons. The van der Waals surface area contributed by atoms with E-state index in [1.54, 1.807) is 36.1 Å². The number of fused-ring (bicyclic) bond motifs is 1. The van der Waals surface area contributed by atoms with Crippen LogP contribution in [-0.2, 0) is 19.4 Å². The molecule has 1 amide bonds. The average Bonchev–Trinajstić information content (AvgIpc) is 2.80. The quantitative estimate of drug-likeness (QED) is 0.416. The molecule has 1 fully saturated rings. The fraction of sp³-hybridized carbons (Fsp3) is 0.375. The van der Waals surface area contributed by atoms with Crippen LogP contribution in [0.15, 0.2) is 48.8 Å². The van der Waals surface area contributed by atoms with Crippen LogP contribution in [0.2, 0.25) is 0 Å². The van der Waals surface area contributed by atoms with Gasteiger partial charge in [-0.05, 0) is 43.0 Å². The molecule has 4 rings (SSSR count). The normalized spacial score (nSPS) is 18.1. The number of rotatable bonds is 3. The van der Waals surface area contributed by atoms with Gasteiger partial charge in [0.2, 0.25) is 0 Å². The molecule has 1 saturated heterocycles. The predicted octanol–water partition coefficient (Wildman–Crippen LogP) is 4.83. The molecule has 0 bridgehead atoms. The third kappa shape index (κ3) is 4.95. The number of hydrogen-bond donors (Lipinski definition) is 1. The minimum Gasteiger partial charge on any atom is -0.386 e. The van der Waals surface area contributed by atoms with Crippen molar-refractivity contribution in [2.45, 2.75) is 43.8 Å². The Morgan fingerprint density at radius 3 is 2.51 bits per heavy atom. The monoisotopic (exact) mass is 498 g/mol. The summed E-state index contributed by atoms with van der Waals surface area (Å²) in [5.41, 5.74) is -3.80. The van der Waals surface area contributed by atoms with E-state index in [-0.39, 0.29) is 23.9 Å². The number of amides is 1. The number of hydrogen-bond acceptors (Lipinski definition) is 3. The Morgan fingerprint density at radius 2 is 1.86 bits per heavy atom. The van der Waals surface area contributed by atoms with E-state index in [1.165, 1.54) is 11.0 Å². The minimum atomic E-state index is -5.04. The van der Waals surface area contributed by atoms with Crippen LogP contribution in [0, 0.1) is 0 Å². The van der Waals surface area contributed by atoms with Crippen molar-refractivity contribution in [1.29, 1.82) is 0 Å². The number of pyridine rings is 2. The minimum absolute atomic E-state index is 0.246. The number of benzene rings is 1. The van der Waals surface area contributed by atoms with Crippen molar-refractivity contribution < 1.29 is 40.8 Å². The van der Waals surface area contributed by atoms with Crippen LogP contribution < -0.4 is 4.57 Å². The molecular formula is C24H22F6N3O2+. The molecule has 0 aliphatic carbocycles. The molecular weight excluding hydrogens is 476 g/mol. The van der Waals surface area contributed by atoms with Gasteiger partial charge in [-0.25, -0.2) is 9.55 Å². The lowest BCUT2D eigenvalue weighted by Gasteiger charge is -2.39. The number of halogens is 6. The highest BCUT2D eigenvalue weighted by Gasteiger charge is 2.40. The number of carbonyl (C=O) groups excluding carboxylic acids is 1. The van der Waals surface area contributed by atoms with E-state index in [9.17, 15) is 36.2 Å². The fourth-order valence-electron chi connectivity index (χ4n) is 4.52. The van der Waals surface area contributed by atoms with Crippen molar-refractivity contribution in [1.82, 2.24) is 9.88 Å². The summed E-state index contributed by atoms with van der Waals surface area (Å²) in [7, 11) is 1.72. The van der Waals surface area contributed by atoms with E-state index in [0.29, 0.717) is 30.5 Å². The second kappa shape index (κ2) is 9.10. The number of carbonyl (C=O) groups is 1. The van der Waals surface area contributed by atoms with Crippen LogP contribution in [0.4, 0.5) is 26.3 Å². The lowest BCUT2D eigenvalue weighted by molar-refractivity contribution is -0.671. The van der Waals surface area contributed by atoms with Crippen LogP contribution in [0.1, 0.15) is 52.5 Å². The predicted molar refractivity (Wildman–Crippen MR) is 113 cm³/mol. The van der Waals surface area contributed by atoms with Gasteiger partial charge >= 0.3 is 12.4 Å². The zero-order valence-corrected chi connectivity index (χ0v) is 18.6. The van der Waals surface area contributed by atoms with Crippen LogP contribution in [0.5, 0.6) is 0 Å². The van der Waals surface area contributed by atoms with Crippen molar-refractivity contribution in [2.24, 2.45) is 7.05 Å². The third-order valence-corrected chi connectivity index (χ3v) is 6.15. The van der Waals surface area contributed by atoms with E-state index < -0.39 is 47.2 Å². The van der Waals surface area contributed by atoms with Crippen molar-refractivity contribution in [3.8, 4) is 0 Å². The van der Waals surface area contributed by atoms with Crippen molar-refractivity contribution in [3.63, 3.8) is 0 Å². The van der Waals surface area contributed by atoms with Gasteiger partial charge in [0.1, 0.15) is 24.4 Å². The van der Waals surface area contributed by atoms with Gasteiger partial charge in [-0.1, -0.05) is 12.1 Å². The highest BCUT2D eigenvalue weighted by molar-refractivity contribution is 5.94. The number of para-hydroxylation sites is 1. The fourth-order valence-corrected chi connectivity index (χ4v) is 4.52. The molecule has 1 unspecified atom stereocenters. The first-order chi connectivity index (χ1) is 16.4. The molecule has 1 aromatic carbocycles. The summed E-state index contributed by atoms with van der Waals surface area (Å²) >= 11 is 0. The van der Waals surface area contributed by atoms with Crippen LogP contribution >= 0.6 is 0 Å². The Bertz CT molecular complexity index is 1260. The van der Waals surface area contributed by atoms with Crippen LogP contribution in [0.25, 0.3) is 10.9 Å². The maximum Gasteiger partial charge on any atom is 0.433 e. The molecule has 1 aliphatic rings. The summed E-state index contributed by atoms with van der Waals surface area (Å²) < 4.78 is 83.2. The molecule has 0 saturated carbocycles. The highest BCUT2D eigenvalue weighted by atomic mass is 19.4. The Morgan fingerprint density at radius 1 is 1.11 bits per heavy atom. The van der Waals surface area contributed by atoms with Gasteiger partial charge in [0.05, 0.1) is 17.1 Å². The zero-order valence-electron chi connectivity index (χ0n) is 18.6. The molecule has 186 valence electrons. The van der Waals surface area contributed by atoms with Crippen LogP contribution in [0.3, 0.4) is 0 Å². The number of alkyl halides is 6. The molecule has 0 spiro atoms. The Labute approximate surface area is 196 Å². The molecule has 5 nitrogen and oxygen atoms in total. The number of aliphatic hydroxyl groups excluding tert-OH is 1. The van der Waals surface area contributed by atoms with Crippen molar-refractivity contribution in [2.75, 3.05) is 6.54 Å². The van der Waals surface area contributed by atoms with E-state index in [4.69, 9.17) is 0 Å². The van der Waals surface area contributed by atoms with Crippen LogP contribution in [-0.4, -0.2) is 33.5 Å². The van der Waals surface area contributed by atoms with Crippen molar-refractivity contribution >= 4 is 16.8 Å². The third-order valence-electron chi connectivity index (χ3n) is 6.15. The lowest BCUT2D eigenvalue weighted by Crippen LogP contribution is -2.47. The van der Waals surface area contributed by atoms with E-state index in [2.05, 4.69) is 4.98 Å². The summed E-state index contributed by atoms with van der Waals surface area (Å²) in [6, 6.07) is 5.80. The number of nitrogens with zero attached hydrogens (tertiary/aromatic N) is 3. The number of aromatic nitrogens is 2. The van der Waals surface area contributed by atoms with Gasteiger partial charge in [0.25, 0.3) is 5.91 Å². The summed E-state index contributed by atoms with van der Waals surface area (Å²) in [6.45, 7) is 0.252. The first-order valence-electron chi connectivity index (χ1n) is 10.9. The molecule has 2 aromatic heterocycles. The first kappa shape index (κ1) is 24.9. The molecule has 3 aromatic rings. The maximum atomic E-state index is 13.6. The van der Waals surface area contributed by atoms with Crippen molar-refractivity contribution in [3.05, 3.63) is 71.2 Å². The second-order valence-electron chi connectivity index (χ2n) is 8.56. The van der Waals surface area contributed by atoms with Gasteiger partial charge in [-0.15, -0.1) is 0 Å². The number of aliphatic hydroxyl groups is 1. The topological polar surface area (TPSA) is 57.3 Å². The lowest BCUT2D eigenvalue weighted by atomic mass is 9.89.